The summed E-state index contributed by atoms with van der Waals surface area (Å²) in [6.45, 7) is 6.20. The van der Waals surface area contributed by atoms with Gasteiger partial charge < -0.3 is 15.0 Å². The first kappa shape index (κ1) is 19.8. The molecule has 1 atom stereocenters. The Balaban J connectivity index is 2.37. The second-order valence-electron chi connectivity index (χ2n) is 6.42. The molecule has 2 N–H and O–H groups in total. The fourth-order valence-corrected chi connectivity index (χ4v) is 3.07. The smallest absolute Gasteiger partial charge is 0.328 e. The zero-order chi connectivity index (χ0) is 19.4. The number of rotatable bonds is 6. The molecule has 0 fully saturated rings. The van der Waals surface area contributed by atoms with E-state index in [1.54, 1.807) is 18.2 Å². The number of aromatic amines is 1. The number of H-pyrrole nitrogens is 1. The van der Waals surface area contributed by atoms with Crippen molar-refractivity contribution >= 4 is 35.0 Å². The predicted molar refractivity (Wildman–Crippen MR) is 102 cm³/mol. The Morgan fingerprint density at radius 1 is 1.35 bits per heavy atom. The van der Waals surface area contributed by atoms with Crippen LogP contribution in [0.1, 0.15) is 37.6 Å². The van der Waals surface area contributed by atoms with Crippen molar-refractivity contribution in [2.45, 2.75) is 39.8 Å². The molecule has 0 bridgehead atoms. The van der Waals surface area contributed by atoms with Crippen LogP contribution in [0.25, 0.3) is 10.9 Å². The van der Waals surface area contributed by atoms with Gasteiger partial charge in [0.1, 0.15) is 6.04 Å². The van der Waals surface area contributed by atoms with Crippen LogP contribution < -0.4 is 10.9 Å². The first-order chi connectivity index (χ1) is 12.3. The minimum Gasteiger partial charge on any atom is -0.467 e. The van der Waals surface area contributed by atoms with E-state index in [9.17, 15) is 14.4 Å². The van der Waals surface area contributed by atoms with Gasteiger partial charge in [-0.15, -0.1) is 0 Å². The number of fused-ring (bicyclic) bond motifs is 1. The quantitative estimate of drug-likeness (QED) is 0.596. The summed E-state index contributed by atoms with van der Waals surface area (Å²) >= 11 is 5.19. The van der Waals surface area contributed by atoms with Gasteiger partial charge in [0.05, 0.1) is 18.0 Å². The van der Waals surface area contributed by atoms with E-state index >= 15 is 0 Å². The fourth-order valence-electron chi connectivity index (χ4n) is 2.75. The van der Waals surface area contributed by atoms with E-state index in [1.165, 1.54) is 11.7 Å². The lowest BCUT2D eigenvalue weighted by Gasteiger charge is -2.18. The van der Waals surface area contributed by atoms with Crippen molar-refractivity contribution in [3.8, 4) is 0 Å². The molecule has 26 heavy (non-hydrogen) atoms. The minimum atomic E-state index is -0.727. The lowest BCUT2D eigenvalue weighted by atomic mass is 10.0. The van der Waals surface area contributed by atoms with Crippen LogP contribution in [0.4, 0.5) is 0 Å². The monoisotopic (exact) mass is 377 g/mol. The normalized spacial score (nSPS) is 12.2. The summed E-state index contributed by atoms with van der Waals surface area (Å²) in [6, 6.07) is 3.97. The van der Waals surface area contributed by atoms with Crippen LogP contribution in [0.3, 0.4) is 0 Å². The van der Waals surface area contributed by atoms with E-state index in [0.29, 0.717) is 34.2 Å². The Hall–Kier alpha value is -2.48. The molecule has 0 saturated heterocycles. The highest BCUT2D eigenvalue weighted by atomic mass is 32.1. The Morgan fingerprint density at radius 3 is 2.62 bits per heavy atom. The van der Waals surface area contributed by atoms with E-state index < -0.39 is 17.9 Å². The summed E-state index contributed by atoms with van der Waals surface area (Å²) in [5.74, 6) is -0.695. The third-order valence-electron chi connectivity index (χ3n) is 4.06. The minimum absolute atomic E-state index is 0.203. The van der Waals surface area contributed by atoms with Crippen molar-refractivity contribution in [3.05, 3.63) is 38.9 Å². The molecular weight excluding hydrogens is 354 g/mol. The highest BCUT2D eigenvalue weighted by Gasteiger charge is 2.23. The van der Waals surface area contributed by atoms with E-state index in [4.69, 9.17) is 17.0 Å². The Labute approximate surface area is 156 Å². The number of nitrogens with one attached hydrogen (secondary N) is 2. The first-order valence-corrected chi connectivity index (χ1v) is 8.84. The third-order valence-corrected chi connectivity index (χ3v) is 4.38. The van der Waals surface area contributed by atoms with Gasteiger partial charge in [-0.2, -0.15) is 0 Å². The van der Waals surface area contributed by atoms with Gasteiger partial charge in [-0.1, -0.05) is 13.8 Å². The zero-order valence-electron chi connectivity index (χ0n) is 15.3. The highest BCUT2D eigenvalue weighted by molar-refractivity contribution is 7.71. The molecule has 0 spiro atoms. The maximum atomic E-state index is 12.6. The second-order valence-corrected chi connectivity index (χ2v) is 6.81. The van der Waals surface area contributed by atoms with Gasteiger partial charge in [0, 0.05) is 12.1 Å². The molecule has 140 valence electrons. The van der Waals surface area contributed by atoms with Crippen LogP contribution in [0.5, 0.6) is 0 Å². The molecule has 8 heteroatoms. The van der Waals surface area contributed by atoms with Crippen molar-refractivity contribution < 1.29 is 14.3 Å². The number of amides is 1. The number of aromatic nitrogens is 2. The largest absolute Gasteiger partial charge is 0.467 e. The molecule has 2 rings (SSSR count). The van der Waals surface area contributed by atoms with Crippen molar-refractivity contribution in [2.75, 3.05) is 7.11 Å². The summed E-state index contributed by atoms with van der Waals surface area (Å²) in [5.41, 5.74) is 0.607. The summed E-state index contributed by atoms with van der Waals surface area (Å²) < 4.78 is 6.51. The molecular formula is C18H23N3O4S. The topological polar surface area (TPSA) is 93.2 Å². The van der Waals surface area contributed by atoms with Crippen LogP contribution in [0.2, 0.25) is 0 Å². The maximum Gasteiger partial charge on any atom is 0.328 e. The van der Waals surface area contributed by atoms with Crippen LogP contribution in [0, 0.1) is 10.7 Å². The second kappa shape index (κ2) is 8.27. The van der Waals surface area contributed by atoms with Crippen LogP contribution in [0.15, 0.2) is 23.0 Å². The number of ether oxygens (including phenoxy) is 1. The molecule has 2 aromatic rings. The average molecular weight is 377 g/mol. The number of nitrogens with zero attached hydrogens (tertiary/aromatic N) is 1. The molecule has 0 radical (unpaired) electrons. The molecule has 1 aromatic carbocycles. The number of carbonyl (C=O) groups is 2. The van der Waals surface area contributed by atoms with E-state index in [0.717, 1.165) is 0 Å². The Bertz CT molecular complexity index is 946. The van der Waals surface area contributed by atoms with Crippen molar-refractivity contribution in [2.24, 2.45) is 5.92 Å². The Morgan fingerprint density at radius 2 is 2.04 bits per heavy atom. The maximum absolute atomic E-state index is 12.6. The number of benzene rings is 1. The van der Waals surface area contributed by atoms with Crippen LogP contribution >= 0.6 is 12.2 Å². The molecule has 0 unspecified atom stereocenters. The molecule has 0 aliphatic heterocycles. The third kappa shape index (κ3) is 4.19. The van der Waals surface area contributed by atoms with Crippen molar-refractivity contribution in [3.63, 3.8) is 0 Å². The van der Waals surface area contributed by atoms with Gasteiger partial charge in [-0.3, -0.25) is 14.2 Å². The SMILES string of the molecule is CCn1c(=S)[nH]c2cc(C(=O)N[C@H](CC(C)C)C(=O)OC)ccc2c1=O. The molecule has 7 nitrogen and oxygen atoms in total. The summed E-state index contributed by atoms with van der Waals surface area (Å²) in [7, 11) is 1.29. The van der Waals surface area contributed by atoms with Crippen molar-refractivity contribution in [1.29, 1.82) is 0 Å². The molecule has 1 heterocycles. The summed E-state index contributed by atoms with van der Waals surface area (Å²) in [4.78, 5) is 39.8. The molecule has 0 aliphatic rings. The first-order valence-electron chi connectivity index (χ1n) is 8.44. The summed E-state index contributed by atoms with van der Waals surface area (Å²) in [6.07, 6.45) is 0.468. The van der Waals surface area contributed by atoms with Crippen LogP contribution in [-0.4, -0.2) is 34.6 Å². The fraction of sp³-hybridized carbons (Fsp3) is 0.444. The number of hydrogen-bond donors (Lipinski definition) is 2. The molecule has 0 aliphatic carbocycles. The number of methoxy groups -OCH3 is 1. The van der Waals surface area contributed by atoms with E-state index in [2.05, 4.69) is 10.3 Å². The van der Waals surface area contributed by atoms with Gasteiger partial charge >= 0.3 is 5.97 Å². The van der Waals surface area contributed by atoms with Gasteiger partial charge in [-0.25, -0.2) is 4.79 Å². The van der Waals surface area contributed by atoms with Gasteiger partial charge in [0.25, 0.3) is 11.5 Å². The lowest BCUT2D eigenvalue weighted by molar-refractivity contribution is -0.143. The Kier molecular flexibility index (Phi) is 6.31. The number of esters is 1. The molecule has 0 saturated carbocycles. The highest BCUT2D eigenvalue weighted by Crippen LogP contribution is 2.12. The predicted octanol–water partition coefficient (Wildman–Crippen LogP) is 2.40. The van der Waals surface area contributed by atoms with E-state index in [-0.39, 0.29) is 11.5 Å². The zero-order valence-corrected chi connectivity index (χ0v) is 16.1. The number of carbonyl (C=O) groups excluding carboxylic acids is 2. The van der Waals surface area contributed by atoms with Gasteiger partial charge in [0.15, 0.2) is 4.77 Å². The number of hydrogen-bond acceptors (Lipinski definition) is 5. The average Bonchev–Trinajstić information content (AvgIpc) is 2.59. The molecule has 1 aromatic heterocycles. The van der Waals surface area contributed by atoms with Gasteiger partial charge in [-0.05, 0) is 49.7 Å². The van der Waals surface area contributed by atoms with Crippen LogP contribution in [-0.2, 0) is 16.1 Å². The summed E-state index contributed by atoms with van der Waals surface area (Å²) in [5, 5.41) is 3.14. The molecule has 1 amide bonds. The standard InChI is InChI=1S/C18H23N3O4S/c1-5-21-16(23)12-7-6-11(9-13(12)20-18(21)26)15(22)19-14(8-10(2)3)17(24)25-4/h6-7,9-10,14H,5,8H2,1-4H3,(H,19,22)(H,20,26)/t14-/m1/s1. The van der Waals surface area contributed by atoms with Crippen molar-refractivity contribution in [1.82, 2.24) is 14.9 Å². The lowest BCUT2D eigenvalue weighted by Crippen LogP contribution is -2.42. The van der Waals surface area contributed by atoms with E-state index in [1.807, 2.05) is 20.8 Å². The van der Waals surface area contributed by atoms with Gasteiger partial charge in [0.2, 0.25) is 0 Å².